The predicted octanol–water partition coefficient (Wildman–Crippen LogP) is 5.07. The fourth-order valence-electron chi connectivity index (χ4n) is 4.68. The molecule has 1 saturated heterocycles. The number of nitrogens with zero attached hydrogens (tertiary/aromatic N) is 4. The van der Waals surface area contributed by atoms with Crippen molar-refractivity contribution in [2.24, 2.45) is 0 Å². The average molecular weight is 638 g/mol. The van der Waals surface area contributed by atoms with Gasteiger partial charge in [-0.05, 0) is 36.4 Å². The van der Waals surface area contributed by atoms with Gasteiger partial charge < -0.3 is 9.80 Å². The van der Waals surface area contributed by atoms with Crippen molar-refractivity contribution in [3.8, 4) is 0 Å². The number of piperazine rings is 1. The van der Waals surface area contributed by atoms with E-state index in [2.05, 4.69) is 9.97 Å². The van der Waals surface area contributed by atoms with Crippen LogP contribution in [0.25, 0.3) is 10.9 Å². The molecule has 2 aromatic carbocycles. The van der Waals surface area contributed by atoms with E-state index in [4.69, 9.17) is 0 Å². The van der Waals surface area contributed by atoms with E-state index < -0.39 is 51.0 Å². The van der Waals surface area contributed by atoms with Gasteiger partial charge in [-0.3, -0.25) is 24.3 Å². The molecule has 1 N–H and O–H groups in total. The third kappa shape index (κ3) is 6.29. The van der Waals surface area contributed by atoms with Crippen molar-refractivity contribution in [3.63, 3.8) is 0 Å². The number of benzene rings is 2. The molecule has 2 amide bonds. The maximum atomic E-state index is 14.1. The van der Waals surface area contributed by atoms with E-state index in [1.54, 1.807) is 18.2 Å². The summed E-state index contributed by atoms with van der Waals surface area (Å²) in [5.74, 6) is -1.55. The van der Waals surface area contributed by atoms with Gasteiger partial charge in [0.15, 0.2) is 0 Å². The van der Waals surface area contributed by atoms with Crippen LogP contribution in [0.4, 0.5) is 32.0 Å². The molecule has 0 saturated carbocycles. The Bertz CT molecular complexity index is 1850. The molecule has 44 heavy (non-hydrogen) atoms. The number of hydrogen-bond acceptors (Lipinski definition) is 6. The summed E-state index contributed by atoms with van der Waals surface area (Å²) in [4.78, 5) is 35.4. The zero-order valence-electron chi connectivity index (χ0n) is 22.4. The number of alkyl halides is 6. The molecule has 3 heterocycles. The number of hydrogen-bond donors (Lipinski definition) is 1. The van der Waals surface area contributed by atoms with Gasteiger partial charge in [-0.2, -0.15) is 26.3 Å². The van der Waals surface area contributed by atoms with Crippen LogP contribution < -0.4 is 4.72 Å². The van der Waals surface area contributed by atoms with Crippen LogP contribution in [0.1, 0.15) is 31.8 Å². The van der Waals surface area contributed by atoms with Gasteiger partial charge in [0.1, 0.15) is 4.90 Å². The highest BCUT2D eigenvalue weighted by atomic mass is 32.2. The highest BCUT2D eigenvalue weighted by molar-refractivity contribution is 7.93. The number of sulfonamides is 1. The smallest absolute Gasteiger partial charge is 0.335 e. The predicted molar refractivity (Wildman–Crippen MR) is 145 cm³/mol. The lowest BCUT2D eigenvalue weighted by Gasteiger charge is -2.35. The first kappa shape index (κ1) is 30.7. The number of rotatable bonds is 5. The summed E-state index contributed by atoms with van der Waals surface area (Å²) < 4.78 is 109. The van der Waals surface area contributed by atoms with Crippen LogP contribution in [-0.2, 0) is 22.4 Å². The summed E-state index contributed by atoms with van der Waals surface area (Å²) in [6, 6.07) is 10.5. The summed E-state index contributed by atoms with van der Waals surface area (Å²) in [6.45, 7) is -0.407. The number of fused-ring (bicyclic) bond motifs is 1. The zero-order valence-corrected chi connectivity index (χ0v) is 23.2. The van der Waals surface area contributed by atoms with Crippen molar-refractivity contribution < 1.29 is 44.3 Å². The van der Waals surface area contributed by atoms with E-state index in [0.717, 1.165) is 18.3 Å². The minimum Gasteiger partial charge on any atom is -0.335 e. The number of anilines is 1. The topological polar surface area (TPSA) is 113 Å². The Morgan fingerprint density at radius 1 is 0.773 bits per heavy atom. The molecule has 230 valence electrons. The number of carbonyl (C=O) groups excluding carboxylic acids is 2. The standard InChI is InChI=1S/C28H21F6N5O4S/c29-27(30,31)20-13-19(15-35-16-20)26(41)39-11-9-38(10-12-39)25(40)18-6-7-22(21(14-18)28(32,33)34)37-44(42,43)23-5-1-3-17-4-2-8-36-24(17)23/h1-8,13-16,37H,9-12H2. The maximum Gasteiger partial charge on any atom is 0.418 e. The number of pyridine rings is 2. The molecule has 0 spiro atoms. The third-order valence-corrected chi connectivity index (χ3v) is 8.27. The van der Waals surface area contributed by atoms with Gasteiger partial charge in [-0.1, -0.05) is 18.2 Å². The average Bonchev–Trinajstić information content (AvgIpc) is 2.99. The molecule has 0 atom stereocenters. The molecule has 2 aromatic heterocycles. The normalized spacial score (nSPS) is 14.5. The molecule has 4 aromatic rings. The first-order valence-corrected chi connectivity index (χ1v) is 14.3. The van der Waals surface area contributed by atoms with Crippen LogP contribution >= 0.6 is 0 Å². The van der Waals surface area contributed by atoms with E-state index in [0.29, 0.717) is 23.7 Å². The number of para-hydroxylation sites is 1. The Hall–Kier alpha value is -4.73. The molecular weight excluding hydrogens is 616 g/mol. The first-order valence-electron chi connectivity index (χ1n) is 12.8. The lowest BCUT2D eigenvalue weighted by atomic mass is 10.1. The van der Waals surface area contributed by atoms with E-state index in [1.165, 1.54) is 28.1 Å². The Balaban J connectivity index is 1.33. The van der Waals surface area contributed by atoms with Crippen molar-refractivity contribution >= 4 is 38.4 Å². The van der Waals surface area contributed by atoms with Crippen LogP contribution in [-0.4, -0.2) is 66.2 Å². The fraction of sp³-hybridized carbons (Fsp3) is 0.214. The Morgan fingerprint density at radius 3 is 2.05 bits per heavy atom. The second-order valence-corrected chi connectivity index (χ2v) is 11.4. The Kier molecular flexibility index (Phi) is 7.96. The van der Waals surface area contributed by atoms with E-state index in [9.17, 15) is 44.3 Å². The Morgan fingerprint density at radius 2 is 1.41 bits per heavy atom. The van der Waals surface area contributed by atoms with Crippen molar-refractivity contribution in [1.29, 1.82) is 0 Å². The van der Waals surface area contributed by atoms with Gasteiger partial charge in [0.25, 0.3) is 21.8 Å². The van der Waals surface area contributed by atoms with Crippen molar-refractivity contribution in [2.75, 3.05) is 30.9 Å². The van der Waals surface area contributed by atoms with E-state index in [1.807, 2.05) is 4.72 Å². The molecule has 0 bridgehead atoms. The highest BCUT2D eigenvalue weighted by Crippen LogP contribution is 2.37. The zero-order chi connectivity index (χ0) is 31.9. The SMILES string of the molecule is O=C(c1cncc(C(F)(F)F)c1)N1CCN(C(=O)c2ccc(NS(=O)(=O)c3cccc4cccnc34)c(C(F)(F)F)c2)CC1. The quantitative estimate of drug-likeness (QED) is 0.306. The molecule has 0 radical (unpaired) electrons. The van der Waals surface area contributed by atoms with Gasteiger partial charge in [0.05, 0.1) is 27.9 Å². The lowest BCUT2D eigenvalue weighted by Crippen LogP contribution is -2.50. The number of nitrogens with one attached hydrogen (secondary N) is 1. The molecule has 1 fully saturated rings. The molecule has 0 aliphatic carbocycles. The summed E-state index contributed by atoms with van der Waals surface area (Å²) >= 11 is 0. The van der Waals surface area contributed by atoms with Gasteiger partial charge in [-0.25, -0.2) is 8.42 Å². The maximum absolute atomic E-state index is 14.1. The molecule has 16 heteroatoms. The van der Waals surface area contributed by atoms with E-state index >= 15 is 0 Å². The van der Waals surface area contributed by atoms with Gasteiger partial charge in [0, 0.05) is 55.7 Å². The summed E-state index contributed by atoms with van der Waals surface area (Å²) in [7, 11) is -4.54. The second kappa shape index (κ2) is 11.4. The number of carbonyl (C=O) groups is 2. The first-order chi connectivity index (χ1) is 20.6. The molecule has 1 aliphatic rings. The van der Waals surface area contributed by atoms with Crippen molar-refractivity contribution in [1.82, 2.24) is 19.8 Å². The van der Waals surface area contributed by atoms with Crippen molar-refractivity contribution in [3.05, 3.63) is 95.4 Å². The van der Waals surface area contributed by atoms with E-state index in [-0.39, 0.29) is 47.7 Å². The second-order valence-electron chi connectivity index (χ2n) is 9.74. The lowest BCUT2D eigenvalue weighted by molar-refractivity contribution is -0.138. The van der Waals surface area contributed by atoms with Gasteiger partial charge in [0.2, 0.25) is 0 Å². The minimum atomic E-state index is -5.05. The number of amides is 2. The minimum absolute atomic E-state index is 0.0600. The van der Waals surface area contributed by atoms with Gasteiger partial charge in [-0.15, -0.1) is 0 Å². The van der Waals surface area contributed by atoms with Crippen molar-refractivity contribution in [2.45, 2.75) is 17.2 Å². The summed E-state index contributed by atoms with van der Waals surface area (Å²) in [6.07, 6.45) is -6.83. The number of aromatic nitrogens is 2. The number of halogens is 6. The van der Waals surface area contributed by atoms with Crippen LogP contribution in [0.2, 0.25) is 0 Å². The van der Waals surface area contributed by atoms with Crippen LogP contribution in [0, 0.1) is 0 Å². The molecule has 0 unspecified atom stereocenters. The van der Waals surface area contributed by atoms with Crippen LogP contribution in [0.15, 0.2) is 78.1 Å². The molecule has 1 aliphatic heterocycles. The Labute approximate surface area is 246 Å². The summed E-state index contributed by atoms with van der Waals surface area (Å²) in [5, 5.41) is 0.459. The fourth-order valence-corrected chi connectivity index (χ4v) is 5.94. The molecule has 5 rings (SSSR count). The summed E-state index contributed by atoms with van der Waals surface area (Å²) in [5.41, 5.74) is -3.92. The largest absolute Gasteiger partial charge is 0.418 e. The van der Waals surface area contributed by atoms with Crippen LogP contribution in [0.5, 0.6) is 0 Å². The third-order valence-electron chi connectivity index (χ3n) is 6.87. The van der Waals surface area contributed by atoms with Crippen LogP contribution in [0.3, 0.4) is 0 Å². The monoisotopic (exact) mass is 637 g/mol. The molecular formula is C28H21F6N5O4S. The van der Waals surface area contributed by atoms with Gasteiger partial charge >= 0.3 is 12.4 Å². The highest BCUT2D eigenvalue weighted by Gasteiger charge is 2.37. The molecule has 9 nitrogen and oxygen atoms in total.